The summed E-state index contributed by atoms with van der Waals surface area (Å²) in [6.07, 6.45) is 0.701. The number of pyridine rings is 1. The van der Waals surface area contributed by atoms with Crippen LogP contribution in [0.25, 0.3) is 22.0 Å². The lowest BCUT2D eigenvalue weighted by molar-refractivity contribution is -0.142. The number of amides is 1. The molecule has 5 aromatic rings. The molecule has 3 heterocycles. The van der Waals surface area contributed by atoms with E-state index in [1.165, 1.54) is 12.1 Å². The van der Waals surface area contributed by atoms with E-state index in [0.29, 0.717) is 36.2 Å². The van der Waals surface area contributed by atoms with Gasteiger partial charge in [0.1, 0.15) is 18.2 Å². The van der Waals surface area contributed by atoms with Crippen molar-refractivity contribution in [1.29, 1.82) is 0 Å². The lowest BCUT2D eigenvalue weighted by atomic mass is 9.94. The fourth-order valence-electron chi connectivity index (χ4n) is 5.75. The van der Waals surface area contributed by atoms with E-state index in [1.54, 1.807) is 12.3 Å². The molecule has 0 aliphatic heterocycles. The van der Waals surface area contributed by atoms with Gasteiger partial charge in [0.25, 0.3) is 0 Å². The van der Waals surface area contributed by atoms with Crippen molar-refractivity contribution in [3.63, 3.8) is 0 Å². The molecule has 0 fully saturated rings. The smallest absolute Gasteiger partial charge is 0.361 e. The Morgan fingerprint density at radius 1 is 1.02 bits per heavy atom. The zero-order valence-corrected chi connectivity index (χ0v) is 22.3. The Balaban J connectivity index is 1.36. The van der Waals surface area contributed by atoms with Crippen LogP contribution in [-0.2, 0) is 36.8 Å². The molecule has 216 valence electrons. The number of aromatic nitrogens is 4. The van der Waals surface area contributed by atoms with Gasteiger partial charge in [-0.1, -0.05) is 12.1 Å². The number of halogens is 5. The van der Waals surface area contributed by atoms with Gasteiger partial charge in [-0.15, -0.1) is 0 Å². The molecule has 1 amide bonds. The second-order valence-electron chi connectivity index (χ2n) is 10.5. The van der Waals surface area contributed by atoms with Gasteiger partial charge in [0.2, 0.25) is 5.91 Å². The van der Waals surface area contributed by atoms with Gasteiger partial charge in [0.05, 0.1) is 11.7 Å². The van der Waals surface area contributed by atoms with Gasteiger partial charge in [-0.05, 0) is 85.0 Å². The molecule has 0 saturated heterocycles. The van der Waals surface area contributed by atoms with Crippen molar-refractivity contribution in [2.75, 3.05) is 0 Å². The van der Waals surface area contributed by atoms with Crippen LogP contribution in [0.5, 0.6) is 0 Å². The molecule has 6 nitrogen and oxygen atoms in total. The Morgan fingerprint density at radius 2 is 1.81 bits per heavy atom. The monoisotopic (exact) mass is 579 g/mol. The van der Waals surface area contributed by atoms with Crippen molar-refractivity contribution in [2.45, 2.75) is 50.9 Å². The van der Waals surface area contributed by atoms with Crippen LogP contribution in [0, 0.1) is 11.6 Å². The zero-order chi connectivity index (χ0) is 29.4. The number of benzene rings is 2. The van der Waals surface area contributed by atoms with Gasteiger partial charge in [0, 0.05) is 40.8 Å². The summed E-state index contributed by atoms with van der Waals surface area (Å²) in [6, 6.07) is 13.5. The Morgan fingerprint density at radius 3 is 2.60 bits per heavy atom. The van der Waals surface area contributed by atoms with E-state index in [2.05, 4.69) is 20.4 Å². The number of carbonyl (C=O) groups is 1. The molecular formula is C31H26F5N5O. The minimum atomic E-state index is -4.63. The van der Waals surface area contributed by atoms with E-state index in [4.69, 9.17) is 0 Å². The summed E-state index contributed by atoms with van der Waals surface area (Å²) in [7, 11) is 0. The summed E-state index contributed by atoms with van der Waals surface area (Å²) in [4.78, 5) is 21.1. The SMILES string of the molecule is O=C(Cn1nc(C(F)(F)F)c2c1CCCC2)N[C@@H](Cc1cc(F)cc(F)c1)c1ncccc1-c1ccc2[nH]ccc2c1. The fourth-order valence-corrected chi connectivity index (χ4v) is 5.75. The fraction of sp³-hybridized carbons (Fsp3) is 0.258. The third-order valence-electron chi connectivity index (χ3n) is 7.55. The second-order valence-corrected chi connectivity index (χ2v) is 10.5. The Labute approximate surface area is 237 Å². The van der Waals surface area contributed by atoms with E-state index in [9.17, 15) is 26.7 Å². The van der Waals surface area contributed by atoms with Crippen LogP contribution in [0.1, 0.15) is 47.1 Å². The van der Waals surface area contributed by atoms with Gasteiger partial charge in [-0.25, -0.2) is 8.78 Å². The number of fused-ring (bicyclic) bond motifs is 2. The van der Waals surface area contributed by atoms with Crippen molar-refractivity contribution in [3.8, 4) is 11.1 Å². The van der Waals surface area contributed by atoms with E-state index in [1.807, 2.05) is 36.5 Å². The number of rotatable bonds is 7. The molecule has 1 aliphatic carbocycles. The van der Waals surface area contributed by atoms with E-state index < -0.39 is 42.0 Å². The second kappa shape index (κ2) is 11.0. The highest BCUT2D eigenvalue weighted by molar-refractivity contribution is 5.85. The minimum absolute atomic E-state index is 0.0121. The standard InChI is InChI=1S/C31H26F5N5O/c32-21-12-18(13-22(33)16-21)14-26(29-23(5-3-10-38-29)19-7-8-25-20(15-19)9-11-37-25)39-28(42)17-41-27-6-2-1-4-24(27)30(40-41)31(34,35)36/h3,5,7-13,15-16,26,37H,1-2,4,6,14,17H2,(H,39,42)/t26-/m0/s1. The first-order valence-corrected chi connectivity index (χ1v) is 13.6. The average Bonchev–Trinajstić information content (AvgIpc) is 3.57. The van der Waals surface area contributed by atoms with Crippen molar-refractivity contribution in [3.05, 3.63) is 107 Å². The predicted molar refractivity (Wildman–Crippen MR) is 146 cm³/mol. The lowest BCUT2D eigenvalue weighted by Crippen LogP contribution is -2.34. The largest absolute Gasteiger partial charge is 0.435 e. The molecule has 3 aromatic heterocycles. The quantitative estimate of drug-likeness (QED) is 0.211. The first-order chi connectivity index (χ1) is 20.2. The highest BCUT2D eigenvalue weighted by atomic mass is 19.4. The number of hydrogen-bond acceptors (Lipinski definition) is 3. The summed E-state index contributed by atoms with van der Waals surface area (Å²) >= 11 is 0. The van der Waals surface area contributed by atoms with Crippen molar-refractivity contribution < 1.29 is 26.7 Å². The number of hydrogen-bond donors (Lipinski definition) is 2. The van der Waals surface area contributed by atoms with Crippen LogP contribution in [0.2, 0.25) is 0 Å². The van der Waals surface area contributed by atoms with Crippen LogP contribution in [0.4, 0.5) is 22.0 Å². The van der Waals surface area contributed by atoms with Crippen LogP contribution >= 0.6 is 0 Å². The zero-order valence-electron chi connectivity index (χ0n) is 22.3. The molecule has 6 rings (SSSR count). The summed E-state index contributed by atoms with van der Waals surface area (Å²) in [5.74, 6) is -2.13. The Hall–Kier alpha value is -4.54. The van der Waals surface area contributed by atoms with E-state index in [0.717, 1.165) is 27.2 Å². The molecule has 2 N–H and O–H groups in total. The van der Waals surface area contributed by atoms with Gasteiger partial charge >= 0.3 is 6.18 Å². The van der Waals surface area contributed by atoms with Crippen LogP contribution in [0.15, 0.2) is 67.0 Å². The predicted octanol–water partition coefficient (Wildman–Crippen LogP) is 6.70. The molecule has 1 aliphatic rings. The molecule has 0 spiro atoms. The number of aromatic amines is 1. The number of nitrogens with one attached hydrogen (secondary N) is 2. The normalized spacial score (nSPS) is 14.1. The average molecular weight is 580 g/mol. The maximum absolute atomic E-state index is 14.1. The highest BCUT2D eigenvalue weighted by Gasteiger charge is 2.39. The molecule has 11 heteroatoms. The third kappa shape index (κ3) is 5.63. The Kier molecular flexibility index (Phi) is 7.26. The highest BCUT2D eigenvalue weighted by Crippen LogP contribution is 2.36. The third-order valence-corrected chi connectivity index (χ3v) is 7.55. The van der Waals surface area contributed by atoms with Gasteiger partial charge in [-0.2, -0.15) is 18.3 Å². The van der Waals surface area contributed by atoms with E-state index >= 15 is 0 Å². The molecule has 0 bridgehead atoms. The lowest BCUT2D eigenvalue weighted by Gasteiger charge is -2.22. The summed E-state index contributed by atoms with van der Waals surface area (Å²) in [6.45, 7) is -0.441. The number of carbonyl (C=O) groups excluding carboxylic acids is 1. The number of alkyl halides is 3. The van der Waals surface area contributed by atoms with Crippen LogP contribution < -0.4 is 5.32 Å². The summed E-state index contributed by atoms with van der Waals surface area (Å²) in [5.41, 5.74) is 2.76. The van der Waals surface area contributed by atoms with E-state index in [-0.39, 0.29) is 24.0 Å². The maximum atomic E-state index is 14.1. The Bertz CT molecular complexity index is 1750. The van der Waals surface area contributed by atoms with Gasteiger partial charge in [-0.3, -0.25) is 14.5 Å². The summed E-state index contributed by atoms with van der Waals surface area (Å²) < 4.78 is 70.4. The number of H-pyrrole nitrogens is 1. The van der Waals surface area contributed by atoms with Crippen LogP contribution in [-0.4, -0.2) is 25.7 Å². The number of nitrogens with zero attached hydrogens (tertiary/aromatic N) is 3. The van der Waals surface area contributed by atoms with Crippen LogP contribution in [0.3, 0.4) is 0 Å². The topological polar surface area (TPSA) is 75.6 Å². The first kappa shape index (κ1) is 27.6. The molecule has 42 heavy (non-hydrogen) atoms. The molecular weight excluding hydrogens is 553 g/mol. The molecule has 2 aromatic carbocycles. The van der Waals surface area contributed by atoms with Crippen molar-refractivity contribution >= 4 is 16.8 Å². The minimum Gasteiger partial charge on any atom is -0.361 e. The summed E-state index contributed by atoms with van der Waals surface area (Å²) in [5, 5.41) is 7.62. The van der Waals surface area contributed by atoms with Gasteiger partial charge in [0.15, 0.2) is 5.69 Å². The molecule has 1 atom stereocenters. The van der Waals surface area contributed by atoms with Gasteiger partial charge < -0.3 is 10.3 Å². The maximum Gasteiger partial charge on any atom is 0.435 e. The molecule has 0 radical (unpaired) electrons. The van der Waals surface area contributed by atoms with Crippen molar-refractivity contribution in [1.82, 2.24) is 25.1 Å². The molecule has 0 unspecified atom stereocenters. The van der Waals surface area contributed by atoms with Crippen molar-refractivity contribution in [2.24, 2.45) is 0 Å². The first-order valence-electron chi connectivity index (χ1n) is 13.6. The molecule has 0 saturated carbocycles.